The van der Waals surface area contributed by atoms with Crippen LogP contribution in [0.1, 0.15) is 0 Å². The quantitative estimate of drug-likeness (QED) is 0.384. The van der Waals surface area contributed by atoms with Gasteiger partial charge in [-0.2, -0.15) is 0 Å². The molecule has 0 nitrogen and oxygen atoms in total. The third-order valence-electron chi connectivity index (χ3n) is 0. The van der Waals surface area contributed by atoms with Crippen LogP contribution < -0.4 is 0 Å². The van der Waals surface area contributed by atoms with Crippen LogP contribution in [0.3, 0.4) is 0 Å². The van der Waals surface area contributed by atoms with Crippen molar-refractivity contribution in [3.8, 4) is 0 Å². The van der Waals surface area contributed by atoms with E-state index in [1.165, 1.54) is 0 Å². The molecule has 4 heteroatoms. The van der Waals surface area contributed by atoms with Crippen molar-refractivity contribution in [3.05, 3.63) is 0 Å². The molecule has 0 fully saturated rings. The van der Waals surface area contributed by atoms with Crippen LogP contribution in [0.25, 0.3) is 0 Å². The molecule has 0 aliphatic rings. The molecule has 0 amide bonds. The Kier molecular flexibility index (Phi) is 160. The minimum Gasteiger partial charge on any atom is -0.0149 e. The van der Waals surface area contributed by atoms with Gasteiger partial charge in [0.2, 0.25) is 0 Å². The Hall–Kier alpha value is 2.24. The second kappa shape index (κ2) is 18.8. The standard InChI is InChI=1S/Al.In.H4Si.Zn.6H/h;;1H4;;;;;;;. The molecule has 0 aromatic heterocycles. The summed E-state index contributed by atoms with van der Waals surface area (Å²) < 4.78 is 0. The van der Waals surface area contributed by atoms with Gasteiger partial charge in [0.25, 0.3) is 0 Å². The van der Waals surface area contributed by atoms with Crippen LogP contribution in [0, 0.1) is 0 Å². The Morgan fingerprint density at radius 3 is 1.00 bits per heavy atom. The topological polar surface area (TPSA) is 0 Å². The Morgan fingerprint density at radius 2 is 1.00 bits per heavy atom. The fourth-order valence-electron chi connectivity index (χ4n) is 0. The maximum absolute atomic E-state index is 0. The van der Waals surface area contributed by atoms with Crippen LogP contribution in [0.15, 0.2) is 0 Å². The van der Waals surface area contributed by atoms with E-state index in [-0.39, 0.29) is 73.6 Å². The predicted octanol–water partition coefficient (Wildman–Crippen LogP) is -3.82. The van der Waals surface area contributed by atoms with Crippen LogP contribution in [-0.2, 0) is 19.5 Å². The van der Waals surface area contributed by atoms with Crippen molar-refractivity contribution < 1.29 is 19.5 Å². The first-order valence-corrected chi connectivity index (χ1v) is 0. The second-order valence-corrected chi connectivity index (χ2v) is 0. The summed E-state index contributed by atoms with van der Waals surface area (Å²) in [5.74, 6) is 0. The Balaban J connectivity index is 0. The van der Waals surface area contributed by atoms with E-state index >= 15 is 0 Å². The van der Waals surface area contributed by atoms with E-state index in [0.717, 1.165) is 0 Å². The van der Waals surface area contributed by atoms with Crippen molar-refractivity contribution in [1.82, 2.24) is 0 Å². The summed E-state index contributed by atoms with van der Waals surface area (Å²) in [4.78, 5) is 0. The molecule has 0 N–H and O–H groups in total. The van der Waals surface area contributed by atoms with Crippen molar-refractivity contribution in [3.63, 3.8) is 0 Å². The monoisotopic (exact) mass is 244 g/mol. The van der Waals surface area contributed by atoms with Crippen molar-refractivity contribution in [1.29, 1.82) is 0 Å². The van der Waals surface area contributed by atoms with Crippen LogP contribution >= 0.6 is 0 Å². The van der Waals surface area contributed by atoms with Gasteiger partial charge in [0.05, 0.1) is 0 Å². The molecule has 0 bridgehead atoms. The van der Waals surface area contributed by atoms with E-state index < -0.39 is 0 Å². The zero-order chi connectivity index (χ0) is 0. The van der Waals surface area contributed by atoms with E-state index in [0.29, 0.717) is 0 Å². The molecular weight excluding hydrogens is 235 g/mol. The van der Waals surface area contributed by atoms with Gasteiger partial charge in [-0.3, -0.25) is 0 Å². The minimum absolute atomic E-state index is 0. The van der Waals surface area contributed by atoms with Crippen molar-refractivity contribution >= 4 is 54.2 Å². The third kappa shape index (κ3) is 8.87. The fourth-order valence-corrected chi connectivity index (χ4v) is 0. The summed E-state index contributed by atoms with van der Waals surface area (Å²) in [6.45, 7) is 0. The van der Waals surface area contributed by atoms with Crippen LogP contribution in [-0.4, -0.2) is 54.2 Å². The molecule has 0 atom stereocenters. The minimum atomic E-state index is 0. The molecule has 22 valence electrons. The van der Waals surface area contributed by atoms with Crippen molar-refractivity contribution in [2.45, 2.75) is 0 Å². The molecule has 0 radical (unpaired) electrons. The number of hydrogen-bond donors (Lipinski definition) is 0. The smallest absolute Gasteiger partial charge is 0 e. The molecule has 0 aromatic carbocycles. The van der Waals surface area contributed by atoms with Gasteiger partial charge >= 0.3 is 25.8 Å². The first-order valence-electron chi connectivity index (χ1n) is 0. The molecule has 4 heavy (non-hydrogen) atoms. The number of rotatable bonds is 0. The molecule has 0 aromatic rings. The third-order valence-corrected chi connectivity index (χ3v) is 0. The van der Waals surface area contributed by atoms with Crippen LogP contribution in [0.4, 0.5) is 0 Å². The molecule has 0 saturated carbocycles. The van der Waals surface area contributed by atoms with Crippen LogP contribution in [0.5, 0.6) is 0 Å². The summed E-state index contributed by atoms with van der Waals surface area (Å²) in [5, 5.41) is 0. The molecule has 0 spiro atoms. The molecule has 0 aliphatic carbocycles. The Bertz CT molecular complexity index is 8.00. The average molecular weight is 245 g/mol. The summed E-state index contributed by atoms with van der Waals surface area (Å²) in [6.07, 6.45) is 0. The molecule has 0 saturated heterocycles. The van der Waals surface area contributed by atoms with Gasteiger partial charge in [-0.1, -0.05) is 0 Å². The second-order valence-electron chi connectivity index (χ2n) is 0. The van der Waals surface area contributed by atoms with E-state index in [4.69, 9.17) is 0 Å². The summed E-state index contributed by atoms with van der Waals surface area (Å²) >= 11 is 0. The van der Waals surface area contributed by atoms with Gasteiger partial charge in [0, 0.05) is 19.5 Å². The summed E-state index contributed by atoms with van der Waals surface area (Å²) in [5.41, 5.74) is 0. The first kappa shape index (κ1) is 34.1. The SMILES string of the molecule is [AlH3].[InH3].[SiH4].[Zn]. The van der Waals surface area contributed by atoms with E-state index in [1.54, 1.807) is 0 Å². The predicted molar refractivity (Wildman–Crippen MR) is 31.2 cm³/mol. The maximum atomic E-state index is 0. The molecular formula is H10AlInSiZn. The van der Waals surface area contributed by atoms with Gasteiger partial charge in [-0.25, -0.2) is 0 Å². The van der Waals surface area contributed by atoms with Crippen molar-refractivity contribution in [2.24, 2.45) is 0 Å². The van der Waals surface area contributed by atoms with Crippen molar-refractivity contribution in [2.75, 3.05) is 0 Å². The Morgan fingerprint density at radius 1 is 1.00 bits per heavy atom. The van der Waals surface area contributed by atoms with Gasteiger partial charge < -0.3 is 0 Å². The Labute approximate surface area is 72.8 Å². The maximum Gasteiger partial charge on any atom is 0 e. The van der Waals surface area contributed by atoms with E-state index in [1.807, 2.05) is 0 Å². The summed E-state index contributed by atoms with van der Waals surface area (Å²) in [6, 6.07) is 0. The molecule has 0 unspecified atom stereocenters. The molecule has 0 aliphatic heterocycles. The zero-order valence-corrected chi connectivity index (χ0v) is 3.67. The average Bonchev–Trinajstić information content (AvgIpc) is 0. The van der Waals surface area contributed by atoms with Crippen LogP contribution in [0.2, 0.25) is 0 Å². The van der Waals surface area contributed by atoms with E-state index in [9.17, 15) is 0 Å². The zero-order valence-electron chi connectivity index (χ0n) is 0.707. The number of hydrogen-bond acceptors (Lipinski definition) is 0. The fraction of sp³-hybridized carbons (Fsp3) is 0. The van der Waals surface area contributed by atoms with Gasteiger partial charge in [-0.15, -0.1) is 0 Å². The largest absolute Gasteiger partial charge is 0.0149 e. The van der Waals surface area contributed by atoms with Gasteiger partial charge in [0.1, 0.15) is 0 Å². The summed E-state index contributed by atoms with van der Waals surface area (Å²) in [7, 11) is 0. The normalized spacial score (nSPS) is 0. The first-order chi connectivity index (χ1) is 0. The van der Waals surface area contributed by atoms with E-state index in [2.05, 4.69) is 0 Å². The molecule has 0 heterocycles. The van der Waals surface area contributed by atoms with Gasteiger partial charge in [-0.05, 0) is 11.0 Å². The van der Waals surface area contributed by atoms with Gasteiger partial charge in [0.15, 0.2) is 17.4 Å². The molecule has 0 rings (SSSR count).